The Balaban J connectivity index is 2.35. The van der Waals surface area contributed by atoms with Crippen LogP contribution in [-0.2, 0) is 9.53 Å². The van der Waals surface area contributed by atoms with Gasteiger partial charge in [0, 0.05) is 24.6 Å². The highest BCUT2D eigenvalue weighted by Gasteiger charge is 2.50. The summed E-state index contributed by atoms with van der Waals surface area (Å²) in [6, 6.07) is 0.434. The first-order valence-electron chi connectivity index (χ1n) is 6.93. The lowest BCUT2D eigenvalue weighted by Gasteiger charge is -2.55. The maximum absolute atomic E-state index is 10.6. The van der Waals surface area contributed by atoms with Gasteiger partial charge in [0.15, 0.2) is 0 Å². The zero-order chi connectivity index (χ0) is 13.8. The maximum atomic E-state index is 10.6. The van der Waals surface area contributed by atoms with Crippen LogP contribution < -0.4 is 0 Å². The summed E-state index contributed by atoms with van der Waals surface area (Å²) < 4.78 is 5.90. The first kappa shape index (κ1) is 15.4. The van der Waals surface area contributed by atoms with E-state index in [-0.39, 0.29) is 11.8 Å². The van der Waals surface area contributed by atoms with Crippen molar-refractivity contribution in [3.05, 3.63) is 0 Å². The lowest BCUT2D eigenvalue weighted by atomic mass is 9.64. The molecule has 0 spiro atoms. The molecule has 2 unspecified atom stereocenters. The van der Waals surface area contributed by atoms with Crippen LogP contribution in [-0.4, -0.2) is 48.3 Å². The molecular weight excluding hydrogens is 230 g/mol. The molecule has 1 saturated carbocycles. The molecule has 106 valence electrons. The molecular formula is C14H27NO3. The maximum Gasteiger partial charge on any atom is 0.304 e. The van der Waals surface area contributed by atoms with Crippen LogP contribution in [0.2, 0.25) is 0 Å². The van der Waals surface area contributed by atoms with Gasteiger partial charge in [-0.05, 0) is 19.9 Å². The van der Waals surface area contributed by atoms with Crippen molar-refractivity contribution in [2.45, 2.75) is 58.6 Å². The van der Waals surface area contributed by atoms with Gasteiger partial charge < -0.3 is 14.7 Å². The Morgan fingerprint density at radius 2 is 2.17 bits per heavy atom. The van der Waals surface area contributed by atoms with Crippen LogP contribution in [0.3, 0.4) is 0 Å². The third kappa shape index (κ3) is 3.69. The van der Waals surface area contributed by atoms with Crippen LogP contribution in [0.25, 0.3) is 0 Å². The van der Waals surface area contributed by atoms with Crippen LogP contribution in [0.5, 0.6) is 0 Å². The zero-order valence-corrected chi connectivity index (χ0v) is 12.1. The van der Waals surface area contributed by atoms with E-state index in [0.29, 0.717) is 18.7 Å². The molecule has 0 heterocycles. The molecule has 0 saturated heterocycles. The average Bonchev–Trinajstić information content (AvgIpc) is 2.29. The quantitative estimate of drug-likeness (QED) is 0.678. The first-order chi connectivity index (χ1) is 8.39. The summed E-state index contributed by atoms with van der Waals surface area (Å²) in [5, 5.41) is 8.71. The van der Waals surface area contributed by atoms with Gasteiger partial charge in [0.1, 0.15) is 0 Å². The van der Waals surface area contributed by atoms with Crippen LogP contribution in [0, 0.1) is 5.41 Å². The molecule has 0 amide bonds. The Morgan fingerprint density at radius 3 is 2.67 bits per heavy atom. The fourth-order valence-electron chi connectivity index (χ4n) is 2.69. The highest BCUT2D eigenvalue weighted by molar-refractivity contribution is 5.66. The van der Waals surface area contributed by atoms with E-state index in [2.05, 4.69) is 25.7 Å². The minimum atomic E-state index is -0.727. The summed E-state index contributed by atoms with van der Waals surface area (Å²) in [6.45, 7) is 8.06. The molecule has 0 radical (unpaired) electrons. The van der Waals surface area contributed by atoms with E-state index in [1.807, 2.05) is 7.05 Å². The molecule has 18 heavy (non-hydrogen) atoms. The van der Waals surface area contributed by atoms with E-state index in [0.717, 1.165) is 25.9 Å². The van der Waals surface area contributed by atoms with Crippen molar-refractivity contribution in [3.63, 3.8) is 0 Å². The third-order valence-corrected chi connectivity index (χ3v) is 4.15. The minimum absolute atomic E-state index is 0.126. The fraction of sp³-hybridized carbons (Fsp3) is 0.929. The van der Waals surface area contributed by atoms with Crippen molar-refractivity contribution in [2.75, 3.05) is 20.2 Å². The number of unbranched alkanes of at least 4 members (excludes halogenated alkanes) is 1. The molecule has 4 heteroatoms. The minimum Gasteiger partial charge on any atom is -0.481 e. The highest BCUT2D eigenvalue weighted by Crippen LogP contribution is 2.45. The van der Waals surface area contributed by atoms with E-state index >= 15 is 0 Å². The SMILES string of the molecule is CCCCOC1CC(N(C)CCC(=O)O)C1(C)C. The number of nitrogens with zero attached hydrogens (tertiary/aromatic N) is 1. The van der Waals surface area contributed by atoms with Gasteiger partial charge in [0.05, 0.1) is 12.5 Å². The molecule has 1 aliphatic rings. The number of aliphatic carboxylic acids is 1. The van der Waals surface area contributed by atoms with Crippen LogP contribution in [0.15, 0.2) is 0 Å². The van der Waals surface area contributed by atoms with E-state index in [4.69, 9.17) is 9.84 Å². The van der Waals surface area contributed by atoms with Gasteiger partial charge >= 0.3 is 5.97 Å². The molecule has 0 aromatic carbocycles. The number of carboxylic acid groups (broad SMARTS) is 1. The predicted molar refractivity (Wildman–Crippen MR) is 71.7 cm³/mol. The number of carbonyl (C=O) groups is 1. The largest absolute Gasteiger partial charge is 0.481 e. The molecule has 1 N–H and O–H groups in total. The van der Waals surface area contributed by atoms with Crippen molar-refractivity contribution < 1.29 is 14.6 Å². The fourth-order valence-corrected chi connectivity index (χ4v) is 2.69. The van der Waals surface area contributed by atoms with Gasteiger partial charge in [-0.3, -0.25) is 4.79 Å². The number of rotatable bonds is 8. The van der Waals surface area contributed by atoms with E-state index < -0.39 is 5.97 Å². The summed E-state index contributed by atoms with van der Waals surface area (Å²) in [5.74, 6) is -0.727. The van der Waals surface area contributed by atoms with E-state index in [9.17, 15) is 4.79 Å². The zero-order valence-electron chi connectivity index (χ0n) is 12.1. The summed E-state index contributed by atoms with van der Waals surface area (Å²) in [4.78, 5) is 12.7. The van der Waals surface area contributed by atoms with E-state index in [1.165, 1.54) is 0 Å². The highest BCUT2D eigenvalue weighted by atomic mass is 16.5. The number of hydrogen-bond donors (Lipinski definition) is 1. The predicted octanol–water partition coefficient (Wildman–Crippen LogP) is 2.38. The van der Waals surface area contributed by atoms with Crippen LogP contribution >= 0.6 is 0 Å². The molecule has 1 aliphatic carbocycles. The van der Waals surface area contributed by atoms with Gasteiger partial charge in [-0.15, -0.1) is 0 Å². The van der Waals surface area contributed by atoms with Gasteiger partial charge in [0.25, 0.3) is 0 Å². The number of carboxylic acids is 1. The second-order valence-corrected chi connectivity index (χ2v) is 5.91. The van der Waals surface area contributed by atoms with Crippen molar-refractivity contribution in [3.8, 4) is 0 Å². The Bertz CT molecular complexity index is 278. The second-order valence-electron chi connectivity index (χ2n) is 5.91. The summed E-state index contributed by atoms with van der Waals surface area (Å²) >= 11 is 0. The normalized spacial score (nSPS) is 26.1. The lowest BCUT2D eigenvalue weighted by molar-refractivity contribution is -0.151. The Morgan fingerprint density at radius 1 is 1.50 bits per heavy atom. The third-order valence-electron chi connectivity index (χ3n) is 4.15. The number of hydrogen-bond acceptors (Lipinski definition) is 3. The number of ether oxygens (including phenoxy) is 1. The summed E-state index contributed by atoms with van der Waals surface area (Å²) in [7, 11) is 2.01. The lowest BCUT2D eigenvalue weighted by Crippen LogP contribution is -2.61. The molecule has 0 bridgehead atoms. The molecule has 1 rings (SSSR count). The Kier molecular flexibility index (Phi) is 5.60. The summed E-state index contributed by atoms with van der Waals surface area (Å²) in [6.07, 6.45) is 3.83. The molecule has 0 aromatic heterocycles. The monoisotopic (exact) mass is 257 g/mol. The standard InChI is InChI=1S/C14H27NO3/c1-5-6-9-18-12-10-11(14(12,2)3)15(4)8-7-13(16)17/h11-12H,5-10H2,1-4H3,(H,16,17). The molecule has 0 aliphatic heterocycles. The topological polar surface area (TPSA) is 49.8 Å². The first-order valence-corrected chi connectivity index (χ1v) is 6.93. The van der Waals surface area contributed by atoms with Gasteiger partial charge in [0.2, 0.25) is 0 Å². The van der Waals surface area contributed by atoms with E-state index in [1.54, 1.807) is 0 Å². The molecule has 4 nitrogen and oxygen atoms in total. The average molecular weight is 257 g/mol. The second kappa shape index (κ2) is 6.53. The summed E-state index contributed by atoms with van der Waals surface area (Å²) in [5.41, 5.74) is 0.126. The van der Waals surface area contributed by atoms with Crippen LogP contribution in [0.1, 0.15) is 46.5 Å². The molecule has 1 fully saturated rings. The van der Waals surface area contributed by atoms with Crippen molar-refractivity contribution in [2.24, 2.45) is 5.41 Å². The smallest absolute Gasteiger partial charge is 0.304 e. The van der Waals surface area contributed by atoms with Crippen LogP contribution in [0.4, 0.5) is 0 Å². The Hall–Kier alpha value is -0.610. The van der Waals surface area contributed by atoms with Crippen molar-refractivity contribution in [1.29, 1.82) is 0 Å². The van der Waals surface area contributed by atoms with Gasteiger partial charge in [-0.25, -0.2) is 0 Å². The van der Waals surface area contributed by atoms with Crippen molar-refractivity contribution >= 4 is 5.97 Å². The molecule has 0 aromatic rings. The van der Waals surface area contributed by atoms with Gasteiger partial charge in [-0.1, -0.05) is 27.2 Å². The Labute approximate surface area is 110 Å². The van der Waals surface area contributed by atoms with Crippen molar-refractivity contribution in [1.82, 2.24) is 4.90 Å². The van der Waals surface area contributed by atoms with Gasteiger partial charge in [-0.2, -0.15) is 0 Å². The molecule has 2 atom stereocenters.